The summed E-state index contributed by atoms with van der Waals surface area (Å²) in [7, 11) is 0. The summed E-state index contributed by atoms with van der Waals surface area (Å²) in [4.78, 5) is 25.0. The summed E-state index contributed by atoms with van der Waals surface area (Å²) < 4.78 is 11.3. The molecule has 7 nitrogen and oxygen atoms in total. The van der Waals surface area contributed by atoms with Crippen LogP contribution in [0.4, 0.5) is 5.13 Å². The van der Waals surface area contributed by atoms with Gasteiger partial charge in [-0.2, -0.15) is 0 Å². The maximum absolute atomic E-state index is 12.7. The van der Waals surface area contributed by atoms with E-state index >= 15 is 0 Å². The molecule has 0 aliphatic carbocycles. The van der Waals surface area contributed by atoms with Crippen LogP contribution < -0.4 is 19.7 Å². The highest BCUT2D eigenvalue weighted by atomic mass is 32.1. The third kappa shape index (κ3) is 5.30. The number of pyridine rings is 1. The number of carbonyl (C=O) groups excluding carboxylic acids is 1. The molecule has 0 bridgehead atoms. The molecule has 1 aromatic carbocycles. The lowest BCUT2D eigenvalue weighted by Gasteiger charge is -2.31. The Morgan fingerprint density at radius 2 is 1.94 bits per heavy atom. The summed E-state index contributed by atoms with van der Waals surface area (Å²) in [5.74, 6) is 1.72. The van der Waals surface area contributed by atoms with E-state index in [4.69, 9.17) is 9.47 Å². The molecule has 2 aromatic heterocycles. The van der Waals surface area contributed by atoms with Crippen LogP contribution in [-0.2, 0) is 11.2 Å². The molecule has 0 saturated carbocycles. The van der Waals surface area contributed by atoms with E-state index in [0.29, 0.717) is 19.8 Å². The van der Waals surface area contributed by atoms with E-state index in [1.54, 1.807) is 17.5 Å². The molecule has 0 unspecified atom stereocenters. The van der Waals surface area contributed by atoms with Crippen LogP contribution >= 0.6 is 11.3 Å². The first-order chi connectivity index (χ1) is 15.7. The molecule has 0 atom stereocenters. The molecule has 1 amide bonds. The Bertz CT molecular complexity index is 1010. The zero-order chi connectivity index (χ0) is 22.3. The predicted molar refractivity (Wildman–Crippen MR) is 128 cm³/mol. The zero-order valence-corrected chi connectivity index (χ0v) is 19.5. The van der Waals surface area contributed by atoms with Crippen molar-refractivity contribution in [2.45, 2.75) is 33.1 Å². The van der Waals surface area contributed by atoms with Crippen molar-refractivity contribution in [1.82, 2.24) is 15.3 Å². The number of anilines is 1. The van der Waals surface area contributed by atoms with Crippen LogP contribution in [0.2, 0.25) is 0 Å². The first-order valence-corrected chi connectivity index (χ1v) is 12.1. The third-order valence-electron chi connectivity index (χ3n) is 5.61. The van der Waals surface area contributed by atoms with Crippen molar-refractivity contribution in [3.63, 3.8) is 0 Å². The number of aromatic nitrogens is 2. The number of ether oxygens (including phenoxy) is 2. The molecule has 1 saturated heterocycles. The quantitative estimate of drug-likeness (QED) is 0.525. The first-order valence-electron chi connectivity index (χ1n) is 11.3. The molecular weight excluding hydrogens is 424 g/mol. The molecule has 0 radical (unpaired) electrons. The normalized spacial score (nSPS) is 14.5. The fourth-order valence-corrected chi connectivity index (χ4v) is 4.91. The van der Waals surface area contributed by atoms with E-state index in [1.807, 2.05) is 44.2 Å². The summed E-state index contributed by atoms with van der Waals surface area (Å²) >= 11 is 1.62. The second-order valence-corrected chi connectivity index (χ2v) is 8.73. The molecule has 3 aromatic rings. The Morgan fingerprint density at radius 3 is 2.69 bits per heavy atom. The predicted octanol–water partition coefficient (Wildman–Crippen LogP) is 4.06. The van der Waals surface area contributed by atoms with E-state index in [9.17, 15) is 4.79 Å². The van der Waals surface area contributed by atoms with Crippen LogP contribution in [0.5, 0.6) is 11.5 Å². The zero-order valence-electron chi connectivity index (χ0n) is 18.7. The van der Waals surface area contributed by atoms with Gasteiger partial charge in [-0.25, -0.2) is 9.97 Å². The number of thiazole rings is 1. The van der Waals surface area contributed by atoms with Crippen molar-refractivity contribution in [2.75, 3.05) is 37.7 Å². The average molecular weight is 455 g/mol. The Labute approximate surface area is 192 Å². The van der Waals surface area contributed by atoms with Crippen molar-refractivity contribution < 1.29 is 14.3 Å². The molecule has 0 spiro atoms. The van der Waals surface area contributed by atoms with E-state index in [0.717, 1.165) is 64.9 Å². The van der Waals surface area contributed by atoms with Gasteiger partial charge < -0.3 is 19.7 Å². The summed E-state index contributed by atoms with van der Waals surface area (Å²) in [6.07, 6.45) is 4.24. The minimum Gasteiger partial charge on any atom is -0.490 e. The first kappa shape index (κ1) is 22.3. The topological polar surface area (TPSA) is 76.6 Å². The fraction of sp³-hybridized carbons (Fsp3) is 0.458. The van der Waals surface area contributed by atoms with Gasteiger partial charge in [-0.05, 0) is 62.9 Å². The van der Waals surface area contributed by atoms with Crippen LogP contribution in [-0.4, -0.2) is 48.7 Å². The number of carbonyl (C=O) groups is 1. The second kappa shape index (κ2) is 10.6. The van der Waals surface area contributed by atoms with Crippen LogP contribution in [0, 0.1) is 5.92 Å². The van der Waals surface area contributed by atoms with E-state index in [2.05, 4.69) is 20.2 Å². The number of fused-ring (bicyclic) bond motifs is 1. The maximum Gasteiger partial charge on any atom is 0.223 e. The standard InChI is InChI=1S/C24H30N4O3S/c1-3-30-20-8-7-17(16-21(20)31-4-2)9-13-25-22(29)18-10-14-28(15-11-18)24-27-19-6-5-12-26-23(19)32-24/h5-8,12,16,18H,3-4,9-11,13-15H2,1-2H3,(H,25,29). The summed E-state index contributed by atoms with van der Waals surface area (Å²) in [6.45, 7) is 7.41. The minimum atomic E-state index is 0.0538. The molecule has 3 heterocycles. The van der Waals surface area contributed by atoms with Gasteiger partial charge in [0.05, 0.1) is 13.2 Å². The second-order valence-electron chi connectivity index (χ2n) is 7.77. The fourth-order valence-electron chi connectivity index (χ4n) is 3.95. The number of piperidine rings is 1. The van der Waals surface area contributed by atoms with Crippen molar-refractivity contribution >= 4 is 32.7 Å². The van der Waals surface area contributed by atoms with Gasteiger partial charge in [0, 0.05) is 31.7 Å². The van der Waals surface area contributed by atoms with Gasteiger partial charge in [-0.3, -0.25) is 4.79 Å². The number of nitrogens with one attached hydrogen (secondary N) is 1. The molecular formula is C24H30N4O3S. The number of rotatable bonds is 9. The molecule has 8 heteroatoms. The third-order valence-corrected chi connectivity index (χ3v) is 6.65. The van der Waals surface area contributed by atoms with E-state index < -0.39 is 0 Å². The van der Waals surface area contributed by atoms with Gasteiger partial charge in [-0.15, -0.1) is 0 Å². The van der Waals surface area contributed by atoms with Gasteiger partial charge in [0.15, 0.2) is 16.6 Å². The number of amides is 1. The van der Waals surface area contributed by atoms with Gasteiger partial charge in [0.2, 0.25) is 5.91 Å². The van der Waals surface area contributed by atoms with Crippen molar-refractivity contribution in [3.05, 3.63) is 42.1 Å². The lowest BCUT2D eigenvalue weighted by molar-refractivity contribution is -0.125. The van der Waals surface area contributed by atoms with Crippen molar-refractivity contribution in [3.8, 4) is 11.5 Å². The summed E-state index contributed by atoms with van der Waals surface area (Å²) in [5.41, 5.74) is 2.06. The lowest BCUT2D eigenvalue weighted by atomic mass is 9.96. The van der Waals surface area contributed by atoms with E-state index in [1.165, 1.54) is 0 Å². The van der Waals surface area contributed by atoms with Crippen molar-refractivity contribution in [1.29, 1.82) is 0 Å². The molecule has 1 aliphatic rings. The van der Waals surface area contributed by atoms with Crippen molar-refractivity contribution in [2.24, 2.45) is 5.92 Å². The monoisotopic (exact) mass is 454 g/mol. The van der Waals surface area contributed by atoms with Crippen LogP contribution in [0.3, 0.4) is 0 Å². The number of nitrogens with zero attached hydrogens (tertiary/aromatic N) is 3. The number of hydrogen-bond acceptors (Lipinski definition) is 7. The lowest BCUT2D eigenvalue weighted by Crippen LogP contribution is -2.41. The summed E-state index contributed by atoms with van der Waals surface area (Å²) in [6, 6.07) is 9.88. The highest BCUT2D eigenvalue weighted by Crippen LogP contribution is 2.31. The van der Waals surface area contributed by atoms with Gasteiger partial charge in [-0.1, -0.05) is 17.4 Å². The smallest absolute Gasteiger partial charge is 0.223 e. The molecule has 1 fully saturated rings. The Morgan fingerprint density at radius 1 is 1.16 bits per heavy atom. The number of hydrogen-bond donors (Lipinski definition) is 1. The highest BCUT2D eigenvalue weighted by Gasteiger charge is 2.26. The van der Waals surface area contributed by atoms with Gasteiger partial charge >= 0.3 is 0 Å². The highest BCUT2D eigenvalue weighted by molar-refractivity contribution is 7.21. The van der Waals surface area contributed by atoms with E-state index in [-0.39, 0.29) is 11.8 Å². The Kier molecular flexibility index (Phi) is 7.42. The largest absolute Gasteiger partial charge is 0.490 e. The Balaban J connectivity index is 1.25. The Hall–Kier alpha value is -2.87. The molecule has 32 heavy (non-hydrogen) atoms. The molecule has 1 aliphatic heterocycles. The SMILES string of the molecule is CCOc1ccc(CCNC(=O)C2CCN(c3nc4cccnc4s3)CC2)cc1OCC. The summed E-state index contributed by atoms with van der Waals surface area (Å²) in [5, 5.41) is 4.11. The maximum atomic E-state index is 12.7. The van der Waals surface area contributed by atoms with Crippen LogP contribution in [0.1, 0.15) is 32.3 Å². The van der Waals surface area contributed by atoms with Crippen LogP contribution in [0.15, 0.2) is 36.5 Å². The molecule has 1 N–H and O–H groups in total. The van der Waals surface area contributed by atoms with Gasteiger partial charge in [0.1, 0.15) is 10.3 Å². The number of benzene rings is 1. The molecule has 4 rings (SSSR count). The van der Waals surface area contributed by atoms with Gasteiger partial charge in [0.25, 0.3) is 0 Å². The molecule has 170 valence electrons. The van der Waals surface area contributed by atoms with Crippen LogP contribution in [0.25, 0.3) is 10.3 Å². The average Bonchev–Trinajstić information content (AvgIpc) is 3.25. The minimum absolute atomic E-state index is 0.0538.